The van der Waals surface area contributed by atoms with E-state index in [0.717, 1.165) is 18.5 Å². The molecular formula is C18H20N2O4. The predicted molar refractivity (Wildman–Crippen MR) is 90.1 cm³/mol. The molecule has 126 valence electrons. The number of carbonyl (C=O) groups is 2. The molecule has 1 aromatic carbocycles. The average Bonchev–Trinajstić information content (AvgIpc) is 3.12. The van der Waals surface area contributed by atoms with Crippen molar-refractivity contribution in [3.8, 4) is 0 Å². The van der Waals surface area contributed by atoms with Gasteiger partial charge in [0.1, 0.15) is 0 Å². The number of ether oxygens (including phenoxy) is 1. The standard InChI is InChI=1S/C18H20N2O4/c1-13(21)20(16-8-11-23-12-9-16)15-6-4-14(5-7-15)19-18(22)17-3-2-10-24-17/h2-7,10,16H,8-9,11-12H2,1H3,(H,19,22). The molecule has 24 heavy (non-hydrogen) atoms. The molecule has 0 radical (unpaired) electrons. The third-order valence-corrected chi connectivity index (χ3v) is 4.04. The van der Waals surface area contributed by atoms with Gasteiger partial charge in [-0.3, -0.25) is 9.59 Å². The molecule has 0 saturated carbocycles. The maximum absolute atomic E-state index is 12.1. The number of nitrogens with zero attached hydrogens (tertiary/aromatic N) is 1. The predicted octanol–water partition coefficient (Wildman–Crippen LogP) is 3.06. The van der Waals surface area contributed by atoms with Crippen molar-refractivity contribution in [1.82, 2.24) is 0 Å². The summed E-state index contributed by atoms with van der Waals surface area (Å²) in [5, 5.41) is 2.76. The Balaban J connectivity index is 1.72. The molecule has 3 rings (SSSR count). The van der Waals surface area contributed by atoms with E-state index < -0.39 is 0 Å². The Morgan fingerprint density at radius 1 is 1.12 bits per heavy atom. The van der Waals surface area contributed by atoms with Crippen LogP contribution in [0.4, 0.5) is 11.4 Å². The van der Waals surface area contributed by atoms with Crippen LogP contribution in [-0.4, -0.2) is 31.1 Å². The fourth-order valence-corrected chi connectivity index (χ4v) is 2.90. The van der Waals surface area contributed by atoms with Crippen LogP contribution in [0.2, 0.25) is 0 Å². The Morgan fingerprint density at radius 3 is 2.42 bits per heavy atom. The van der Waals surface area contributed by atoms with Gasteiger partial charge >= 0.3 is 0 Å². The summed E-state index contributed by atoms with van der Waals surface area (Å²) in [5.41, 5.74) is 1.47. The van der Waals surface area contributed by atoms with Gasteiger partial charge < -0.3 is 19.4 Å². The molecule has 2 amide bonds. The van der Waals surface area contributed by atoms with Crippen LogP contribution < -0.4 is 10.2 Å². The highest BCUT2D eigenvalue weighted by atomic mass is 16.5. The molecule has 0 bridgehead atoms. The minimum Gasteiger partial charge on any atom is -0.459 e. The van der Waals surface area contributed by atoms with E-state index >= 15 is 0 Å². The molecule has 2 aromatic rings. The summed E-state index contributed by atoms with van der Waals surface area (Å²) >= 11 is 0. The number of hydrogen-bond donors (Lipinski definition) is 1. The highest BCUT2D eigenvalue weighted by Gasteiger charge is 2.25. The lowest BCUT2D eigenvalue weighted by atomic mass is 10.1. The number of carbonyl (C=O) groups excluding carboxylic acids is 2. The quantitative estimate of drug-likeness (QED) is 0.936. The zero-order valence-electron chi connectivity index (χ0n) is 13.5. The number of amides is 2. The number of furan rings is 1. The van der Waals surface area contributed by atoms with E-state index in [1.165, 1.54) is 6.26 Å². The average molecular weight is 328 g/mol. The fraction of sp³-hybridized carbons (Fsp3) is 0.333. The Bertz CT molecular complexity index is 688. The van der Waals surface area contributed by atoms with Crippen LogP contribution in [0.3, 0.4) is 0 Å². The molecule has 1 aliphatic rings. The minimum absolute atomic E-state index is 0.00858. The minimum atomic E-state index is -0.305. The first kappa shape index (κ1) is 16.3. The van der Waals surface area contributed by atoms with Gasteiger partial charge in [-0.1, -0.05) is 0 Å². The number of nitrogens with one attached hydrogen (secondary N) is 1. The summed E-state index contributed by atoms with van der Waals surface area (Å²) in [4.78, 5) is 25.8. The van der Waals surface area contributed by atoms with Gasteiger partial charge in [-0.15, -0.1) is 0 Å². The molecule has 0 spiro atoms. The van der Waals surface area contributed by atoms with Gasteiger partial charge in [-0.2, -0.15) is 0 Å². The molecule has 1 aliphatic heterocycles. The first-order valence-corrected chi connectivity index (χ1v) is 7.97. The van der Waals surface area contributed by atoms with E-state index in [-0.39, 0.29) is 23.6 Å². The molecule has 1 aromatic heterocycles. The number of benzene rings is 1. The van der Waals surface area contributed by atoms with E-state index in [2.05, 4.69) is 5.32 Å². The molecular weight excluding hydrogens is 308 g/mol. The van der Waals surface area contributed by atoms with Crippen LogP contribution in [0.25, 0.3) is 0 Å². The largest absolute Gasteiger partial charge is 0.459 e. The van der Waals surface area contributed by atoms with Crippen LogP contribution in [-0.2, 0) is 9.53 Å². The van der Waals surface area contributed by atoms with E-state index in [1.807, 2.05) is 12.1 Å². The molecule has 1 saturated heterocycles. The van der Waals surface area contributed by atoms with Gasteiger partial charge in [0.15, 0.2) is 5.76 Å². The van der Waals surface area contributed by atoms with Gasteiger partial charge in [-0.25, -0.2) is 0 Å². The molecule has 6 heteroatoms. The summed E-state index contributed by atoms with van der Waals surface area (Å²) in [6.45, 7) is 2.92. The van der Waals surface area contributed by atoms with E-state index in [4.69, 9.17) is 9.15 Å². The molecule has 0 unspecified atom stereocenters. The second-order valence-electron chi connectivity index (χ2n) is 5.71. The van der Waals surface area contributed by atoms with Crippen LogP contribution in [0.1, 0.15) is 30.3 Å². The Hall–Kier alpha value is -2.60. The molecule has 1 N–H and O–H groups in total. The number of anilines is 2. The topological polar surface area (TPSA) is 71.8 Å². The Labute approximate surface area is 140 Å². The summed E-state index contributed by atoms with van der Waals surface area (Å²) in [7, 11) is 0. The van der Waals surface area contributed by atoms with E-state index in [9.17, 15) is 9.59 Å². The SMILES string of the molecule is CC(=O)N(c1ccc(NC(=O)c2ccco2)cc1)C1CCOCC1. The Kier molecular flexibility index (Phi) is 4.96. The highest BCUT2D eigenvalue weighted by molar-refractivity contribution is 6.02. The molecule has 6 nitrogen and oxygen atoms in total. The monoisotopic (exact) mass is 328 g/mol. The smallest absolute Gasteiger partial charge is 0.291 e. The number of hydrogen-bond acceptors (Lipinski definition) is 4. The van der Waals surface area contributed by atoms with Crippen molar-refractivity contribution in [2.75, 3.05) is 23.4 Å². The second-order valence-corrected chi connectivity index (χ2v) is 5.71. The van der Waals surface area contributed by atoms with Gasteiger partial charge in [0.2, 0.25) is 5.91 Å². The maximum atomic E-state index is 12.1. The molecule has 2 heterocycles. The lowest BCUT2D eigenvalue weighted by Crippen LogP contribution is -2.42. The zero-order valence-corrected chi connectivity index (χ0v) is 13.5. The molecule has 1 fully saturated rings. The second kappa shape index (κ2) is 7.31. The van der Waals surface area contributed by atoms with Crippen LogP contribution in [0, 0.1) is 0 Å². The van der Waals surface area contributed by atoms with Crippen molar-refractivity contribution in [3.05, 3.63) is 48.4 Å². The first-order chi connectivity index (χ1) is 11.6. The van der Waals surface area contributed by atoms with E-state index in [1.54, 1.807) is 36.1 Å². The lowest BCUT2D eigenvalue weighted by molar-refractivity contribution is -0.117. The summed E-state index contributed by atoms with van der Waals surface area (Å²) in [6.07, 6.45) is 3.11. The summed E-state index contributed by atoms with van der Waals surface area (Å²) < 4.78 is 10.4. The van der Waals surface area contributed by atoms with Crippen LogP contribution in [0.15, 0.2) is 47.1 Å². The van der Waals surface area contributed by atoms with E-state index in [0.29, 0.717) is 18.9 Å². The summed E-state index contributed by atoms with van der Waals surface area (Å²) in [5.74, 6) is -0.0403. The van der Waals surface area contributed by atoms with Crippen molar-refractivity contribution < 1.29 is 18.7 Å². The highest BCUT2D eigenvalue weighted by Crippen LogP contribution is 2.25. The van der Waals surface area contributed by atoms with Gasteiger partial charge in [0.25, 0.3) is 5.91 Å². The summed E-state index contributed by atoms with van der Waals surface area (Å²) in [6, 6.07) is 10.7. The van der Waals surface area contributed by atoms with Crippen LogP contribution >= 0.6 is 0 Å². The van der Waals surface area contributed by atoms with Crippen molar-refractivity contribution in [2.24, 2.45) is 0 Å². The third-order valence-electron chi connectivity index (χ3n) is 4.04. The number of rotatable bonds is 4. The van der Waals surface area contributed by atoms with Crippen molar-refractivity contribution in [1.29, 1.82) is 0 Å². The first-order valence-electron chi connectivity index (χ1n) is 7.97. The van der Waals surface area contributed by atoms with Crippen molar-refractivity contribution in [2.45, 2.75) is 25.8 Å². The zero-order chi connectivity index (χ0) is 16.9. The van der Waals surface area contributed by atoms with Gasteiger partial charge in [-0.05, 0) is 49.2 Å². The lowest BCUT2D eigenvalue weighted by Gasteiger charge is -2.33. The van der Waals surface area contributed by atoms with Crippen LogP contribution in [0.5, 0.6) is 0 Å². The Morgan fingerprint density at radius 2 is 1.83 bits per heavy atom. The van der Waals surface area contributed by atoms with Gasteiger partial charge in [0.05, 0.1) is 6.26 Å². The third kappa shape index (κ3) is 3.65. The maximum Gasteiger partial charge on any atom is 0.291 e. The van der Waals surface area contributed by atoms with Crippen molar-refractivity contribution >= 4 is 23.2 Å². The molecule has 0 aliphatic carbocycles. The molecule has 0 atom stereocenters. The normalized spacial score (nSPS) is 15.0. The van der Waals surface area contributed by atoms with Gasteiger partial charge in [0, 0.05) is 37.6 Å². The van der Waals surface area contributed by atoms with Crippen molar-refractivity contribution in [3.63, 3.8) is 0 Å². The fourth-order valence-electron chi connectivity index (χ4n) is 2.90.